The largest absolute Gasteiger partial charge is 0.511 e. The van der Waals surface area contributed by atoms with E-state index < -0.39 is 12.0 Å². The number of nitrogens with two attached hydrogens (primary N) is 1. The molecule has 0 aliphatic heterocycles. The van der Waals surface area contributed by atoms with Gasteiger partial charge in [-0.2, -0.15) is 0 Å². The van der Waals surface area contributed by atoms with Crippen molar-refractivity contribution in [3.63, 3.8) is 0 Å². The second kappa shape index (κ2) is 10.5. The minimum absolute atomic E-state index is 0.00219. The van der Waals surface area contributed by atoms with Gasteiger partial charge >= 0.3 is 5.97 Å². The van der Waals surface area contributed by atoms with Gasteiger partial charge in [0.05, 0.1) is 5.57 Å². The maximum Gasteiger partial charge on any atom is 0.331 e. The Hall–Kier alpha value is -3.25. The summed E-state index contributed by atoms with van der Waals surface area (Å²) in [5, 5.41) is 10.5. The SMILES string of the molecule is NCCOC(=O)[C@H](Cc1ccccc1)N=CC1=C(O)CC(c2ccccc2)CC1=O. The van der Waals surface area contributed by atoms with Gasteiger partial charge < -0.3 is 15.6 Å². The first-order valence-corrected chi connectivity index (χ1v) is 10.0. The first-order chi connectivity index (χ1) is 14.6. The number of carbonyl (C=O) groups is 2. The number of aliphatic hydroxyl groups excluding tert-OH is 1. The summed E-state index contributed by atoms with van der Waals surface area (Å²) in [6, 6.07) is 18.3. The molecule has 0 heterocycles. The van der Waals surface area contributed by atoms with Gasteiger partial charge in [0.15, 0.2) is 11.8 Å². The second-order valence-electron chi connectivity index (χ2n) is 7.24. The third-order valence-corrected chi connectivity index (χ3v) is 5.04. The van der Waals surface area contributed by atoms with Gasteiger partial charge in [-0.3, -0.25) is 9.79 Å². The first-order valence-electron chi connectivity index (χ1n) is 10.0. The molecule has 0 fully saturated rings. The predicted molar refractivity (Wildman–Crippen MR) is 116 cm³/mol. The molecule has 0 radical (unpaired) electrons. The first kappa shape index (κ1) is 21.5. The van der Waals surface area contributed by atoms with Crippen LogP contribution in [0.4, 0.5) is 0 Å². The number of Topliss-reactive ketones (excluding diaryl/α,β-unsaturated/α-hetero) is 1. The zero-order valence-electron chi connectivity index (χ0n) is 16.7. The third kappa shape index (κ3) is 5.64. The Morgan fingerprint density at radius 3 is 2.43 bits per heavy atom. The summed E-state index contributed by atoms with van der Waals surface area (Å²) in [5.41, 5.74) is 7.51. The maximum absolute atomic E-state index is 12.7. The number of ketones is 1. The van der Waals surface area contributed by atoms with Crippen LogP contribution in [0.25, 0.3) is 0 Å². The number of rotatable bonds is 8. The van der Waals surface area contributed by atoms with Crippen molar-refractivity contribution in [1.82, 2.24) is 0 Å². The second-order valence-corrected chi connectivity index (χ2v) is 7.24. The number of ether oxygens (including phenoxy) is 1. The van der Waals surface area contributed by atoms with E-state index in [0.29, 0.717) is 12.8 Å². The van der Waals surface area contributed by atoms with Crippen LogP contribution in [0.2, 0.25) is 0 Å². The summed E-state index contributed by atoms with van der Waals surface area (Å²) in [6.07, 6.45) is 2.29. The molecular weight excluding hydrogens is 380 g/mol. The lowest BCUT2D eigenvalue weighted by Crippen LogP contribution is -2.27. The summed E-state index contributed by atoms with van der Waals surface area (Å²) >= 11 is 0. The van der Waals surface area contributed by atoms with Gasteiger partial charge in [0.25, 0.3) is 0 Å². The fourth-order valence-electron chi connectivity index (χ4n) is 3.47. The van der Waals surface area contributed by atoms with Gasteiger partial charge in [-0.25, -0.2) is 4.79 Å². The van der Waals surface area contributed by atoms with Crippen molar-refractivity contribution in [2.75, 3.05) is 13.2 Å². The molecule has 2 aromatic rings. The van der Waals surface area contributed by atoms with Crippen molar-refractivity contribution in [1.29, 1.82) is 0 Å². The fraction of sp³-hybridized carbons (Fsp3) is 0.292. The van der Waals surface area contributed by atoms with E-state index in [1.54, 1.807) is 0 Å². The van der Waals surface area contributed by atoms with E-state index in [9.17, 15) is 14.7 Å². The Kier molecular flexibility index (Phi) is 7.51. The summed E-state index contributed by atoms with van der Waals surface area (Å²) in [5.74, 6) is -0.765. The standard InChI is InChI=1S/C24H26N2O4/c25-11-12-30-24(29)21(13-17-7-3-1-4-8-17)26-16-20-22(27)14-19(15-23(20)28)18-9-5-2-6-10-18/h1-10,16,19,21,27H,11-15,25H2/t19?,21-/m0/s1. The Labute approximate surface area is 176 Å². The molecule has 2 aromatic carbocycles. The van der Waals surface area contributed by atoms with Crippen molar-refractivity contribution in [2.24, 2.45) is 10.7 Å². The number of esters is 1. The molecule has 0 amide bonds. The Bertz CT molecular complexity index is 923. The minimum atomic E-state index is -0.820. The molecule has 0 spiro atoms. The number of nitrogens with zero attached hydrogens (tertiary/aromatic N) is 1. The summed E-state index contributed by atoms with van der Waals surface area (Å²) < 4.78 is 5.15. The Morgan fingerprint density at radius 1 is 1.13 bits per heavy atom. The Morgan fingerprint density at radius 2 is 1.80 bits per heavy atom. The normalized spacial score (nSPS) is 17.9. The van der Waals surface area contributed by atoms with Crippen molar-refractivity contribution >= 4 is 18.0 Å². The van der Waals surface area contributed by atoms with Crippen LogP contribution in [-0.4, -0.2) is 42.3 Å². The zero-order chi connectivity index (χ0) is 21.3. The molecule has 1 aliphatic carbocycles. The Balaban J connectivity index is 1.78. The summed E-state index contributed by atoms with van der Waals surface area (Å²) in [6.45, 7) is 0.324. The number of hydrogen-bond acceptors (Lipinski definition) is 6. The molecule has 6 nitrogen and oxygen atoms in total. The molecule has 6 heteroatoms. The summed E-state index contributed by atoms with van der Waals surface area (Å²) in [4.78, 5) is 29.4. The summed E-state index contributed by atoms with van der Waals surface area (Å²) in [7, 11) is 0. The van der Waals surface area contributed by atoms with Crippen molar-refractivity contribution in [3.05, 3.63) is 83.1 Å². The average Bonchev–Trinajstić information content (AvgIpc) is 2.77. The number of benzene rings is 2. The smallest absolute Gasteiger partial charge is 0.331 e. The number of aliphatic imine (C=N–C) groups is 1. The highest BCUT2D eigenvalue weighted by Gasteiger charge is 2.28. The van der Waals surface area contributed by atoms with Gasteiger partial charge in [-0.1, -0.05) is 60.7 Å². The van der Waals surface area contributed by atoms with Crippen molar-refractivity contribution in [2.45, 2.75) is 31.2 Å². The van der Waals surface area contributed by atoms with Crippen LogP contribution >= 0.6 is 0 Å². The molecule has 1 unspecified atom stereocenters. The third-order valence-electron chi connectivity index (χ3n) is 5.04. The number of carbonyl (C=O) groups excluding carboxylic acids is 2. The quantitative estimate of drug-likeness (QED) is 0.518. The highest BCUT2D eigenvalue weighted by Crippen LogP contribution is 2.32. The monoisotopic (exact) mass is 406 g/mol. The van der Waals surface area contributed by atoms with Crippen LogP contribution < -0.4 is 5.73 Å². The van der Waals surface area contributed by atoms with Crippen LogP contribution in [0, 0.1) is 0 Å². The highest BCUT2D eigenvalue weighted by molar-refractivity contribution is 6.14. The van der Waals surface area contributed by atoms with Gasteiger partial charge in [0.1, 0.15) is 12.4 Å². The van der Waals surface area contributed by atoms with Crippen LogP contribution in [0.3, 0.4) is 0 Å². The molecule has 0 aromatic heterocycles. The lowest BCUT2D eigenvalue weighted by molar-refractivity contribution is -0.144. The number of allylic oxidation sites excluding steroid dienone is 2. The fourth-order valence-corrected chi connectivity index (χ4v) is 3.47. The molecule has 2 atom stereocenters. The molecular formula is C24H26N2O4. The van der Waals surface area contributed by atoms with E-state index in [-0.39, 0.29) is 42.6 Å². The molecule has 3 rings (SSSR count). The van der Waals surface area contributed by atoms with Gasteiger partial charge in [-0.15, -0.1) is 0 Å². The molecule has 0 saturated heterocycles. The number of aliphatic hydroxyl groups is 1. The van der Waals surface area contributed by atoms with Crippen LogP contribution in [-0.2, 0) is 20.7 Å². The molecule has 30 heavy (non-hydrogen) atoms. The highest BCUT2D eigenvalue weighted by atomic mass is 16.5. The van der Waals surface area contributed by atoms with Crippen molar-refractivity contribution in [3.8, 4) is 0 Å². The van der Waals surface area contributed by atoms with Crippen LogP contribution in [0.5, 0.6) is 0 Å². The van der Waals surface area contributed by atoms with E-state index in [1.165, 1.54) is 6.21 Å². The van der Waals surface area contributed by atoms with E-state index in [0.717, 1.165) is 11.1 Å². The topological polar surface area (TPSA) is 102 Å². The maximum atomic E-state index is 12.7. The zero-order valence-corrected chi connectivity index (χ0v) is 16.7. The predicted octanol–water partition coefficient (Wildman–Crippen LogP) is 3.13. The molecule has 1 aliphatic rings. The number of hydrogen-bond donors (Lipinski definition) is 2. The minimum Gasteiger partial charge on any atom is -0.511 e. The lowest BCUT2D eigenvalue weighted by Gasteiger charge is -2.22. The van der Waals surface area contributed by atoms with Gasteiger partial charge in [0.2, 0.25) is 0 Å². The van der Waals surface area contributed by atoms with Gasteiger partial charge in [-0.05, 0) is 17.0 Å². The van der Waals surface area contributed by atoms with Crippen LogP contribution in [0.1, 0.15) is 29.9 Å². The van der Waals surface area contributed by atoms with Crippen molar-refractivity contribution < 1.29 is 19.4 Å². The molecule has 156 valence electrons. The van der Waals surface area contributed by atoms with E-state index in [4.69, 9.17) is 10.5 Å². The van der Waals surface area contributed by atoms with Crippen LogP contribution in [0.15, 0.2) is 77.0 Å². The van der Waals surface area contributed by atoms with E-state index in [2.05, 4.69) is 4.99 Å². The molecule has 3 N–H and O–H groups in total. The molecule has 0 saturated carbocycles. The average molecular weight is 406 g/mol. The van der Waals surface area contributed by atoms with E-state index in [1.807, 2.05) is 60.7 Å². The van der Waals surface area contributed by atoms with Gasteiger partial charge in [0, 0.05) is 32.0 Å². The lowest BCUT2D eigenvalue weighted by atomic mass is 9.83. The molecule has 0 bridgehead atoms. The van der Waals surface area contributed by atoms with E-state index >= 15 is 0 Å².